The highest BCUT2D eigenvalue weighted by molar-refractivity contribution is 6.07. The molecule has 1 aromatic rings. The molecule has 0 aromatic heterocycles. The molecule has 3 rings (SSSR count). The molecule has 2 fully saturated rings. The van der Waals surface area contributed by atoms with Crippen LogP contribution in [0.1, 0.15) is 40.0 Å². The lowest BCUT2D eigenvalue weighted by atomic mass is 9.64. The van der Waals surface area contributed by atoms with E-state index >= 15 is 0 Å². The van der Waals surface area contributed by atoms with Gasteiger partial charge in [0.1, 0.15) is 24.0 Å². The first kappa shape index (κ1) is 18.7. The maximum absolute atomic E-state index is 13.0. The fourth-order valence-electron chi connectivity index (χ4n) is 4.64. The summed E-state index contributed by atoms with van der Waals surface area (Å²) < 4.78 is 5.52. The van der Waals surface area contributed by atoms with Crippen LogP contribution in [0.25, 0.3) is 0 Å². The van der Waals surface area contributed by atoms with Gasteiger partial charge in [0.05, 0.1) is 6.54 Å². The third kappa shape index (κ3) is 3.85. The molecule has 0 unspecified atom stereocenters. The molecule has 6 nitrogen and oxygen atoms in total. The summed E-state index contributed by atoms with van der Waals surface area (Å²) in [6, 6.07) is 8.73. The summed E-state index contributed by atoms with van der Waals surface area (Å²) >= 11 is 0. The maximum atomic E-state index is 13.0. The number of carbonyl (C=O) groups is 2. The van der Waals surface area contributed by atoms with Gasteiger partial charge in [0, 0.05) is 0 Å². The van der Waals surface area contributed by atoms with E-state index in [4.69, 9.17) is 4.74 Å². The van der Waals surface area contributed by atoms with Crippen molar-refractivity contribution in [3.63, 3.8) is 0 Å². The normalized spacial score (nSPS) is 28.9. The molecule has 1 aromatic carbocycles. The van der Waals surface area contributed by atoms with Crippen LogP contribution in [-0.4, -0.2) is 46.7 Å². The molecule has 2 aliphatic rings. The van der Waals surface area contributed by atoms with E-state index in [1.165, 1.54) is 0 Å². The van der Waals surface area contributed by atoms with Gasteiger partial charge in [-0.3, -0.25) is 9.69 Å². The Kier molecular flexibility index (Phi) is 4.97. The van der Waals surface area contributed by atoms with Crippen LogP contribution in [0.15, 0.2) is 30.3 Å². The van der Waals surface area contributed by atoms with Crippen LogP contribution in [0.2, 0.25) is 0 Å². The third-order valence-electron chi connectivity index (χ3n) is 5.20. The van der Waals surface area contributed by atoms with E-state index in [2.05, 4.69) is 26.1 Å². The largest absolute Gasteiger partial charge is 0.491 e. The van der Waals surface area contributed by atoms with E-state index in [-0.39, 0.29) is 24.5 Å². The summed E-state index contributed by atoms with van der Waals surface area (Å²) in [4.78, 5) is 26.6. The van der Waals surface area contributed by atoms with Gasteiger partial charge in [-0.2, -0.15) is 0 Å². The number of β-amino-alcohol motifs (C(OH)–C–C–N with tert-alkyl or cyclic N) is 1. The standard InChI is InChI=1S/C20H28N2O4/c1-14-9-19(2,3)13-20(10-14)17(24)22(18(25)21-20)11-15(23)12-26-16-7-5-4-6-8-16/h4-8,14-15,23H,9-13H2,1-3H3,(H,21,25)/t14-,15-,20+/m0/s1. The number of hydrogen-bond acceptors (Lipinski definition) is 4. The number of para-hydroxylation sites is 1. The predicted molar refractivity (Wildman–Crippen MR) is 97.7 cm³/mol. The van der Waals surface area contributed by atoms with Crippen LogP contribution in [0.5, 0.6) is 5.75 Å². The van der Waals surface area contributed by atoms with Gasteiger partial charge in [-0.1, -0.05) is 39.0 Å². The zero-order valence-electron chi connectivity index (χ0n) is 15.7. The number of carbonyl (C=O) groups excluding carboxylic acids is 2. The first-order valence-corrected chi connectivity index (χ1v) is 9.21. The van der Waals surface area contributed by atoms with Crippen molar-refractivity contribution in [2.24, 2.45) is 11.3 Å². The first-order valence-electron chi connectivity index (χ1n) is 9.21. The molecule has 142 valence electrons. The Bertz CT molecular complexity index is 676. The molecule has 6 heteroatoms. The quantitative estimate of drug-likeness (QED) is 0.791. The Morgan fingerprint density at radius 1 is 1.27 bits per heavy atom. The predicted octanol–water partition coefficient (Wildman–Crippen LogP) is 2.56. The Balaban J connectivity index is 1.63. The molecule has 3 amide bonds. The summed E-state index contributed by atoms with van der Waals surface area (Å²) in [5.41, 5.74) is -0.843. The van der Waals surface area contributed by atoms with Crippen LogP contribution in [0.3, 0.4) is 0 Å². The van der Waals surface area contributed by atoms with E-state index in [0.29, 0.717) is 24.5 Å². The lowest BCUT2D eigenvalue weighted by Crippen LogP contribution is -2.54. The molecule has 2 N–H and O–H groups in total. The number of nitrogens with one attached hydrogen (secondary N) is 1. The molecule has 26 heavy (non-hydrogen) atoms. The van der Waals surface area contributed by atoms with E-state index < -0.39 is 17.7 Å². The van der Waals surface area contributed by atoms with Gasteiger partial charge in [-0.25, -0.2) is 4.79 Å². The van der Waals surface area contributed by atoms with Crippen molar-refractivity contribution < 1.29 is 19.4 Å². The Labute approximate surface area is 154 Å². The van der Waals surface area contributed by atoms with Gasteiger partial charge in [-0.05, 0) is 42.7 Å². The van der Waals surface area contributed by atoms with Crippen LogP contribution < -0.4 is 10.1 Å². The molecule has 0 bridgehead atoms. The average Bonchev–Trinajstić information content (AvgIpc) is 2.75. The van der Waals surface area contributed by atoms with E-state index in [0.717, 1.165) is 11.3 Å². The lowest BCUT2D eigenvalue weighted by Gasteiger charge is -2.43. The van der Waals surface area contributed by atoms with Gasteiger partial charge < -0.3 is 15.2 Å². The number of ether oxygens (including phenoxy) is 1. The minimum Gasteiger partial charge on any atom is -0.491 e. The summed E-state index contributed by atoms with van der Waals surface area (Å²) in [7, 11) is 0. The number of aliphatic hydroxyl groups is 1. The highest BCUT2D eigenvalue weighted by Crippen LogP contribution is 2.46. The van der Waals surface area contributed by atoms with Crippen molar-refractivity contribution in [2.75, 3.05) is 13.2 Å². The highest BCUT2D eigenvalue weighted by Gasteiger charge is 2.56. The van der Waals surface area contributed by atoms with Gasteiger partial charge in [0.2, 0.25) is 0 Å². The minimum absolute atomic E-state index is 0.00828. The smallest absolute Gasteiger partial charge is 0.325 e. The van der Waals surface area contributed by atoms with Crippen molar-refractivity contribution in [2.45, 2.75) is 51.7 Å². The second kappa shape index (κ2) is 6.91. The Hall–Kier alpha value is -2.08. The fourth-order valence-corrected chi connectivity index (χ4v) is 4.64. The number of rotatable bonds is 5. The van der Waals surface area contributed by atoms with Crippen molar-refractivity contribution in [3.05, 3.63) is 30.3 Å². The zero-order chi connectivity index (χ0) is 18.9. The SMILES string of the molecule is C[C@H]1CC(C)(C)C[C@@]2(C1)NC(=O)N(C[C@H](O)COc1ccccc1)C2=O. The van der Waals surface area contributed by atoms with Crippen LogP contribution in [0.4, 0.5) is 4.79 Å². The second-order valence-corrected chi connectivity index (χ2v) is 8.56. The number of urea groups is 1. The van der Waals surface area contributed by atoms with Gasteiger partial charge >= 0.3 is 6.03 Å². The lowest BCUT2D eigenvalue weighted by molar-refractivity contribution is -0.135. The minimum atomic E-state index is -0.936. The number of imide groups is 1. The van der Waals surface area contributed by atoms with E-state index in [1.807, 2.05) is 18.2 Å². The molecule has 0 radical (unpaired) electrons. The molecule has 1 aliphatic heterocycles. The van der Waals surface area contributed by atoms with Crippen molar-refractivity contribution in [1.82, 2.24) is 10.2 Å². The molecule has 3 atom stereocenters. The van der Waals surface area contributed by atoms with E-state index in [9.17, 15) is 14.7 Å². The first-order chi connectivity index (χ1) is 12.2. The maximum Gasteiger partial charge on any atom is 0.325 e. The summed E-state index contributed by atoms with van der Waals surface area (Å²) in [6.45, 7) is 6.35. The number of hydrogen-bond donors (Lipinski definition) is 2. The number of nitrogens with zero attached hydrogens (tertiary/aromatic N) is 1. The second-order valence-electron chi connectivity index (χ2n) is 8.56. The Morgan fingerprint density at radius 2 is 1.96 bits per heavy atom. The number of aliphatic hydroxyl groups excluding tert-OH is 1. The molecule has 1 heterocycles. The molecule has 1 saturated carbocycles. The fraction of sp³-hybridized carbons (Fsp3) is 0.600. The summed E-state index contributed by atoms with van der Waals surface area (Å²) in [5.74, 6) is 0.776. The van der Waals surface area contributed by atoms with Gasteiger partial charge in [-0.15, -0.1) is 0 Å². The van der Waals surface area contributed by atoms with E-state index in [1.54, 1.807) is 12.1 Å². The number of benzene rings is 1. The zero-order valence-corrected chi connectivity index (χ0v) is 15.7. The van der Waals surface area contributed by atoms with Crippen molar-refractivity contribution >= 4 is 11.9 Å². The molecular weight excluding hydrogens is 332 g/mol. The van der Waals surface area contributed by atoms with Crippen LogP contribution in [-0.2, 0) is 4.79 Å². The average molecular weight is 360 g/mol. The summed E-state index contributed by atoms with van der Waals surface area (Å²) in [5, 5.41) is 13.2. The summed E-state index contributed by atoms with van der Waals surface area (Å²) in [6.07, 6.45) is 1.37. The van der Waals surface area contributed by atoms with Crippen LogP contribution in [0, 0.1) is 11.3 Å². The molecule has 1 spiro atoms. The third-order valence-corrected chi connectivity index (χ3v) is 5.20. The topological polar surface area (TPSA) is 78.9 Å². The monoisotopic (exact) mass is 360 g/mol. The molecular formula is C20H28N2O4. The van der Waals surface area contributed by atoms with Gasteiger partial charge in [0.25, 0.3) is 5.91 Å². The van der Waals surface area contributed by atoms with Gasteiger partial charge in [0.15, 0.2) is 0 Å². The van der Waals surface area contributed by atoms with Crippen molar-refractivity contribution in [1.29, 1.82) is 0 Å². The molecule has 1 saturated heterocycles. The highest BCUT2D eigenvalue weighted by atomic mass is 16.5. The molecule has 1 aliphatic carbocycles. The van der Waals surface area contributed by atoms with Crippen LogP contribution >= 0.6 is 0 Å². The Morgan fingerprint density at radius 3 is 2.62 bits per heavy atom. The number of amides is 3. The van der Waals surface area contributed by atoms with Crippen molar-refractivity contribution in [3.8, 4) is 5.75 Å².